The summed E-state index contributed by atoms with van der Waals surface area (Å²) in [5.74, 6) is -0.239. The lowest BCUT2D eigenvalue weighted by atomic mass is 10.1. The third-order valence-electron chi connectivity index (χ3n) is 3.05. The van der Waals surface area contributed by atoms with E-state index in [9.17, 15) is 4.79 Å². The van der Waals surface area contributed by atoms with Crippen LogP contribution in [-0.2, 0) is 6.42 Å². The van der Waals surface area contributed by atoms with Gasteiger partial charge in [-0.1, -0.05) is 31.2 Å². The Hall–Kier alpha value is -2.49. The summed E-state index contributed by atoms with van der Waals surface area (Å²) in [6.45, 7) is 3.98. The molecule has 20 heavy (non-hydrogen) atoms. The van der Waals surface area contributed by atoms with Crippen LogP contribution in [0.15, 0.2) is 53.9 Å². The van der Waals surface area contributed by atoms with Crippen LogP contribution in [0.2, 0.25) is 0 Å². The maximum absolute atomic E-state index is 11.8. The highest BCUT2D eigenvalue weighted by molar-refractivity contribution is 6.00. The van der Waals surface area contributed by atoms with Crippen molar-refractivity contribution in [2.45, 2.75) is 20.3 Å². The second-order valence-corrected chi connectivity index (χ2v) is 4.42. The van der Waals surface area contributed by atoms with Crippen molar-refractivity contribution in [3.8, 4) is 0 Å². The van der Waals surface area contributed by atoms with Gasteiger partial charge >= 0.3 is 0 Å². The summed E-state index contributed by atoms with van der Waals surface area (Å²) in [5.41, 5.74) is 6.14. The Bertz CT molecular complexity index is 603. The standard InChI is InChI=1S/C16H17N3O/c1-3-13-4-6-14(7-5-13)12(2)18-19-16(20)15-8-10-17-11-9-15/h4-11H,3H2,1-2H3,(H,19,20)/b18-12-. The highest BCUT2D eigenvalue weighted by Gasteiger charge is 2.04. The third-order valence-corrected chi connectivity index (χ3v) is 3.05. The summed E-state index contributed by atoms with van der Waals surface area (Å²) >= 11 is 0. The molecule has 4 heteroatoms. The van der Waals surface area contributed by atoms with Crippen molar-refractivity contribution in [3.05, 3.63) is 65.5 Å². The van der Waals surface area contributed by atoms with Crippen molar-refractivity contribution in [3.63, 3.8) is 0 Å². The van der Waals surface area contributed by atoms with E-state index >= 15 is 0 Å². The normalized spacial score (nSPS) is 11.2. The number of nitrogens with one attached hydrogen (secondary N) is 1. The largest absolute Gasteiger partial charge is 0.271 e. The second-order valence-electron chi connectivity index (χ2n) is 4.42. The number of aryl methyl sites for hydroxylation is 1. The summed E-state index contributed by atoms with van der Waals surface area (Å²) in [7, 11) is 0. The van der Waals surface area contributed by atoms with Gasteiger partial charge in [0.25, 0.3) is 5.91 Å². The zero-order valence-corrected chi connectivity index (χ0v) is 11.6. The lowest BCUT2D eigenvalue weighted by Crippen LogP contribution is -2.19. The van der Waals surface area contributed by atoms with E-state index in [2.05, 4.69) is 34.6 Å². The van der Waals surface area contributed by atoms with Crippen molar-refractivity contribution >= 4 is 11.6 Å². The van der Waals surface area contributed by atoms with Crippen LogP contribution >= 0.6 is 0 Å². The molecule has 1 heterocycles. The molecule has 4 nitrogen and oxygen atoms in total. The first kappa shape index (κ1) is 13.9. The fraction of sp³-hybridized carbons (Fsp3) is 0.188. The lowest BCUT2D eigenvalue weighted by molar-refractivity contribution is 0.0954. The van der Waals surface area contributed by atoms with Gasteiger partial charge in [-0.15, -0.1) is 0 Å². The van der Waals surface area contributed by atoms with Gasteiger partial charge in [0, 0.05) is 18.0 Å². The molecule has 0 radical (unpaired) electrons. The van der Waals surface area contributed by atoms with Crippen LogP contribution in [0.5, 0.6) is 0 Å². The number of rotatable bonds is 4. The summed E-state index contributed by atoms with van der Waals surface area (Å²) in [4.78, 5) is 15.7. The number of hydrogen-bond donors (Lipinski definition) is 1. The zero-order valence-electron chi connectivity index (χ0n) is 11.6. The van der Waals surface area contributed by atoms with Crippen molar-refractivity contribution in [2.75, 3.05) is 0 Å². The Balaban J connectivity index is 2.05. The molecule has 0 aliphatic heterocycles. The van der Waals surface area contributed by atoms with Gasteiger partial charge in [-0.2, -0.15) is 5.10 Å². The number of nitrogens with zero attached hydrogens (tertiary/aromatic N) is 2. The molecule has 0 saturated heterocycles. The first-order valence-electron chi connectivity index (χ1n) is 6.54. The van der Waals surface area contributed by atoms with E-state index < -0.39 is 0 Å². The van der Waals surface area contributed by atoms with Crippen molar-refractivity contribution in [1.29, 1.82) is 0 Å². The van der Waals surface area contributed by atoms with Gasteiger partial charge in [0.1, 0.15) is 0 Å². The molecule has 1 N–H and O–H groups in total. The molecule has 1 amide bonds. The monoisotopic (exact) mass is 267 g/mol. The fourth-order valence-electron chi connectivity index (χ4n) is 1.75. The Labute approximate surface area is 118 Å². The molecule has 0 unspecified atom stereocenters. The number of amides is 1. The summed E-state index contributed by atoms with van der Waals surface area (Å²) in [5, 5.41) is 4.12. The number of aromatic nitrogens is 1. The SMILES string of the molecule is CCc1ccc(/C(C)=N\NC(=O)c2ccncc2)cc1. The molecule has 0 bridgehead atoms. The van der Waals surface area contributed by atoms with E-state index in [0.29, 0.717) is 5.56 Å². The molecule has 0 fully saturated rings. The number of hydrogen-bond acceptors (Lipinski definition) is 3. The first-order chi connectivity index (χ1) is 9.70. The Kier molecular flexibility index (Phi) is 4.60. The van der Waals surface area contributed by atoms with E-state index in [4.69, 9.17) is 0 Å². The number of pyridine rings is 1. The van der Waals surface area contributed by atoms with Crippen LogP contribution in [0.1, 0.15) is 35.3 Å². The summed E-state index contributed by atoms with van der Waals surface area (Å²) < 4.78 is 0. The van der Waals surface area contributed by atoms with Crippen LogP contribution in [-0.4, -0.2) is 16.6 Å². The Morgan fingerprint density at radius 1 is 1.10 bits per heavy atom. The van der Waals surface area contributed by atoms with Crippen LogP contribution in [0.4, 0.5) is 0 Å². The second kappa shape index (κ2) is 6.61. The average molecular weight is 267 g/mol. The highest BCUT2D eigenvalue weighted by Crippen LogP contribution is 2.06. The van der Waals surface area contributed by atoms with Crippen LogP contribution in [0.25, 0.3) is 0 Å². The predicted molar refractivity (Wildman–Crippen MR) is 79.7 cm³/mol. The highest BCUT2D eigenvalue weighted by atomic mass is 16.2. The number of benzene rings is 1. The van der Waals surface area contributed by atoms with Gasteiger partial charge in [-0.3, -0.25) is 9.78 Å². The quantitative estimate of drug-likeness (QED) is 0.684. The van der Waals surface area contributed by atoms with E-state index in [1.54, 1.807) is 24.5 Å². The van der Waals surface area contributed by atoms with Crippen molar-refractivity contribution in [1.82, 2.24) is 10.4 Å². The van der Waals surface area contributed by atoms with Gasteiger partial charge in [-0.25, -0.2) is 5.43 Å². The van der Waals surface area contributed by atoms with Gasteiger partial charge in [-0.05, 0) is 36.6 Å². The van der Waals surface area contributed by atoms with Crippen molar-refractivity contribution in [2.24, 2.45) is 5.10 Å². The molecule has 2 aromatic rings. The molecule has 0 spiro atoms. The van der Waals surface area contributed by atoms with Crippen LogP contribution < -0.4 is 5.43 Å². The van der Waals surface area contributed by atoms with E-state index in [-0.39, 0.29) is 5.91 Å². The number of carbonyl (C=O) groups excluding carboxylic acids is 1. The minimum Gasteiger partial charge on any atom is -0.267 e. The number of carbonyl (C=O) groups is 1. The maximum atomic E-state index is 11.8. The molecule has 1 aromatic heterocycles. The molecule has 0 saturated carbocycles. The molecule has 2 rings (SSSR count). The minimum absolute atomic E-state index is 0.239. The Morgan fingerprint density at radius 2 is 1.75 bits per heavy atom. The fourth-order valence-corrected chi connectivity index (χ4v) is 1.75. The minimum atomic E-state index is -0.239. The topological polar surface area (TPSA) is 54.4 Å². The van der Waals surface area contributed by atoms with Crippen molar-refractivity contribution < 1.29 is 4.79 Å². The molecular formula is C16H17N3O. The van der Waals surface area contributed by atoms with E-state index in [0.717, 1.165) is 17.7 Å². The van der Waals surface area contributed by atoms with E-state index in [1.807, 2.05) is 19.1 Å². The smallest absolute Gasteiger partial charge is 0.267 e. The molecule has 0 aliphatic rings. The zero-order chi connectivity index (χ0) is 14.4. The summed E-state index contributed by atoms with van der Waals surface area (Å²) in [6.07, 6.45) is 4.17. The van der Waals surface area contributed by atoms with Crippen LogP contribution in [0.3, 0.4) is 0 Å². The summed E-state index contributed by atoms with van der Waals surface area (Å²) in [6, 6.07) is 11.5. The number of hydrazone groups is 1. The van der Waals surface area contributed by atoms with Gasteiger partial charge < -0.3 is 0 Å². The van der Waals surface area contributed by atoms with Gasteiger partial charge in [0.05, 0.1) is 5.71 Å². The van der Waals surface area contributed by atoms with Gasteiger partial charge in [0.15, 0.2) is 0 Å². The van der Waals surface area contributed by atoms with Gasteiger partial charge in [0.2, 0.25) is 0 Å². The third kappa shape index (κ3) is 3.51. The molecule has 102 valence electrons. The first-order valence-corrected chi connectivity index (χ1v) is 6.54. The molecular weight excluding hydrogens is 250 g/mol. The molecule has 0 aliphatic carbocycles. The molecule has 1 aromatic carbocycles. The lowest BCUT2D eigenvalue weighted by Gasteiger charge is -2.04. The Morgan fingerprint density at radius 3 is 2.35 bits per heavy atom. The van der Waals surface area contributed by atoms with E-state index in [1.165, 1.54) is 5.56 Å². The predicted octanol–water partition coefficient (Wildman–Crippen LogP) is 2.80. The molecule has 0 atom stereocenters. The average Bonchev–Trinajstić information content (AvgIpc) is 2.53. The van der Waals surface area contributed by atoms with Crippen LogP contribution in [0, 0.1) is 0 Å². The maximum Gasteiger partial charge on any atom is 0.271 e.